The maximum Gasteiger partial charge on any atom is 0.153 e. The molecule has 2 fully saturated rings. The van der Waals surface area contributed by atoms with E-state index >= 15 is 0 Å². The van der Waals surface area contributed by atoms with E-state index < -0.39 is 9.84 Å². The molecule has 0 unspecified atom stereocenters. The second kappa shape index (κ2) is 10.4. The van der Waals surface area contributed by atoms with Crippen molar-refractivity contribution in [2.45, 2.75) is 70.6 Å². The van der Waals surface area contributed by atoms with Gasteiger partial charge in [-0.3, -0.25) is 4.79 Å². The molecule has 0 radical (unpaired) electrons. The largest absolute Gasteiger partial charge is 0.369 e. The summed E-state index contributed by atoms with van der Waals surface area (Å²) in [6, 6.07) is 10.5. The molecule has 1 aromatic heterocycles. The number of sulfone groups is 1. The predicted octanol–water partition coefficient (Wildman–Crippen LogP) is 5.49. The van der Waals surface area contributed by atoms with Crippen molar-refractivity contribution in [2.24, 2.45) is 5.92 Å². The van der Waals surface area contributed by atoms with Crippen LogP contribution >= 0.6 is 11.3 Å². The van der Waals surface area contributed by atoms with Gasteiger partial charge in [-0.2, -0.15) is 5.26 Å². The second-order valence-electron chi connectivity index (χ2n) is 10.8. The standard InChI is InChI=1S/C27H35N3O3S2/c1-27(2,3)26-29-24(22-8-5-4-7-21(22)23(31)9-6-14-28)25(34-26)19-10-12-20(13-11-19)30-15-17-35(32,33)18-16-30/h10-13,21-22H,4-9,15-18H2,1-3H3/t21-,22-/m1/s1. The molecule has 2 aliphatic rings. The summed E-state index contributed by atoms with van der Waals surface area (Å²) in [5.74, 6) is 0.615. The van der Waals surface area contributed by atoms with Crippen molar-refractivity contribution in [3.05, 3.63) is 35.0 Å². The molecule has 35 heavy (non-hydrogen) atoms. The zero-order chi connectivity index (χ0) is 25.2. The van der Waals surface area contributed by atoms with E-state index in [1.165, 1.54) is 0 Å². The number of hydrogen-bond donors (Lipinski definition) is 0. The molecule has 0 N–H and O–H groups in total. The van der Waals surface area contributed by atoms with Gasteiger partial charge >= 0.3 is 0 Å². The van der Waals surface area contributed by atoms with Crippen LogP contribution in [0.4, 0.5) is 5.69 Å². The van der Waals surface area contributed by atoms with Gasteiger partial charge in [0, 0.05) is 48.9 Å². The summed E-state index contributed by atoms with van der Waals surface area (Å²) in [4.78, 5) is 21.4. The van der Waals surface area contributed by atoms with Crippen molar-refractivity contribution in [1.82, 2.24) is 4.98 Å². The molecule has 1 aromatic carbocycles. The number of benzene rings is 1. The third kappa shape index (κ3) is 5.95. The van der Waals surface area contributed by atoms with E-state index in [2.05, 4.69) is 56.0 Å². The van der Waals surface area contributed by atoms with E-state index in [-0.39, 0.29) is 41.0 Å². The van der Waals surface area contributed by atoms with Crippen LogP contribution in [0.1, 0.15) is 75.9 Å². The molecule has 0 amide bonds. The lowest BCUT2D eigenvalue weighted by atomic mass is 9.74. The maximum atomic E-state index is 13.0. The summed E-state index contributed by atoms with van der Waals surface area (Å²) in [6.45, 7) is 7.56. The molecule has 8 heteroatoms. The molecular formula is C27H35N3O3S2. The minimum atomic E-state index is -2.92. The number of hydrogen-bond acceptors (Lipinski definition) is 7. The van der Waals surface area contributed by atoms with Crippen LogP contribution < -0.4 is 4.90 Å². The number of carbonyl (C=O) groups excluding carboxylic acids is 1. The number of aromatic nitrogens is 1. The van der Waals surface area contributed by atoms with Gasteiger partial charge in [0.25, 0.3) is 0 Å². The Morgan fingerprint density at radius 2 is 1.80 bits per heavy atom. The van der Waals surface area contributed by atoms with Gasteiger partial charge in [0.15, 0.2) is 9.84 Å². The number of carbonyl (C=O) groups is 1. The molecule has 1 aliphatic carbocycles. The highest BCUT2D eigenvalue weighted by Crippen LogP contribution is 2.46. The summed E-state index contributed by atoms with van der Waals surface area (Å²) >= 11 is 1.72. The molecule has 1 saturated carbocycles. The van der Waals surface area contributed by atoms with E-state index in [9.17, 15) is 13.2 Å². The molecule has 1 saturated heterocycles. The number of nitrogens with zero attached hydrogens (tertiary/aromatic N) is 3. The smallest absolute Gasteiger partial charge is 0.153 e. The Kier molecular flexibility index (Phi) is 7.68. The fraction of sp³-hybridized carbons (Fsp3) is 0.593. The quantitative estimate of drug-likeness (QED) is 0.507. The van der Waals surface area contributed by atoms with Gasteiger partial charge in [-0.1, -0.05) is 45.7 Å². The van der Waals surface area contributed by atoms with Crippen molar-refractivity contribution in [1.29, 1.82) is 5.26 Å². The average Bonchev–Trinajstić information content (AvgIpc) is 3.29. The van der Waals surface area contributed by atoms with Gasteiger partial charge < -0.3 is 4.90 Å². The third-order valence-corrected chi connectivity index (χ3v) is 10.3. The Morgan fingerprint density at radius 1 is 1.14 bits per heavy atom. The fourth-order valence-corrected chi connectivity index (χ4v) is 7.51. The lowest BCUT2D eigenvalue weighted by Gasteiger charge is -2.30. The summed E-state index contributed by atoms with van der Waals surface area (Å²) in [5.41, 5.74) is 3.07. The number of nitriles is 1. The van der Waals surface area contributed by atoms with Crippen molar-refractivity contribution < 1.29 is 13.2 Å². The average molecular weight is 514 g/mol. The molecule has 2 aromatic rings. The molecular weight excluding hydrogens is 478 g/mol. The van der Waals surface area contributed by atoms with Crippen LogP contribution in [-0.4, -0.2) is 43.8 Å². The Bertz CT molecular complexity index is 1190. The van der Waals surface area contributed by atoms with Crippen molar-refractivity contribution in [3.8, 4) is 16.5 Å². The predicted molar refractivity (Wildman–Crippen MR) is 142 cm³/mol. The van der Waals surface area contributed by atoms with Gasteiger partial charge in [-0.25, -0.2) is 13.4 Å². The highest BCUT2D eigenvalue weighted by molar-refractivity contribution is 7.91. The first-order valence-corrected chi connectivity index (χ1v) is 15.2. The Hall–Kier alpha value is -2.24. The van der Waals surface area contributed by atoms with Crippen LogP contribution in [0.3, 0.4) is 0 Å². The third-order valence-electron chi connectivity index (χ3n) is 7.15. The van der Waals surface area contributed by atoms with Crippen LogP contribution in [0.25, 0.3) is 10.4 Å². The first-order chi connectivity index (χ1) is 16.6. The minimum absolute atomic E-state index is 0.0691. The van der Waals surface area contributed by atoms with Gasteiger partial charge in [0.2, 0.25) is 0 Å². The Morgan fingerprint density at radius 3 is 2.43 bits per heavy atom. The number of anilines is 1. The SMILES string of the molecule is CC(C)(C)c1nc([C@@H]2CCCC[C@H]2C(=O)CCC#N)c(-c2ccc(N3CCS(=O)(=O)CC3)cc2)s1. The molecule has 2 atom stereocenters. The van der Waals surface area contributed by atoms with Gasteiger partial charge in [-0.15, -0.1) is 11.3 Å². The van der Waals surface area contributed by atoms with Gasteiger partial charge in [-0.05, 0) is 30.5 Å². The van der Waals surface area contributed by atoms with Gasteiger partial charge in [0.1, 0.15) is 5.78 Å². The topological polar surface area (TPSA) is 91.1 Å². The molecule has 2 heterocycles. The fourth-order valence-electron chi connectivity index (χ4n) is 5.11. The molecule has 4 rings (SSSR count). The molecule has 0 bridgehead atoms. The number of ketones is 1. The second-order valence-corrected chi connectivity index (χ2v) is 14.1. The van der Waals surface area contributed by atoms with Crippen molar-refractivity contribution in [3.63, 3.8) is 0 Å². The Balaban J connectivity index is 1.66. The Labute approximate surface area is 213 Å². The van der Waals surface area contributed by atoms with E-state index in [4.69, 9.17) is 10.2 Å². The minimum Gasteiger partial charge on any atom is -0.369 e. The zero-order valence-corrected chi connectivity index (χ0v) is 22.6. The van der Waals surface area contributed by atoms with Crippen LogP contribution in [-0.2, 0) is 20.0 Å². The van der Waals surface area contributed by atoms with Crippen LogP contribution in [0.15, 0.2) is 24.3 Å². The lowest BCUT2D eigenvalue weighted by molar-refractivity contribution is -0.124. The first kappa shape index (κ1) is 25.8. The lowest BCUT2D eigenvalue weighted by Crippen LogP contribution is -2.40. The monoisotopic (exact) mass is 513 g/mol. The number of Topliss-reactive ketones (excluding diaryl/α,β-unsaturated/α-hetero) is 1. The molecule has 6 nitrogen and oxygen atoms in total. The van der Waals surface area contributed by atoms with E-state index in [1.807, 2.05) is 0 Å². The van der Waals surface area contributed by atoms with Crippen LogP contribution in [0.5, 0.6) is 0 Å². The van der Waals surface area contributed by atoms with E-state index in [1.54, 1.807) is 11.3 Å². The summed E-state index contributed by atoms with van der Waals surface area (Å²) < 4.78 is 23.6. The number of rotatable bonds is 6. The highest BCUT2D eigenvalue weighted by Gasteiger charge is 2.36. The highest BCUT2D eigenvalue weighted by atomic mass is 32.2. The van der Waals surface area contributed by atoms with E-state index in [0.29, 0.717) is 19.5 Å². The van der Waals surface area contributed by atoms with Crippen molar-refractivity contribution >= 4 is 32.6 Å². The first-order valence-electron chi connectivity index (χ1n) is 12.6. The van der Waals surface area contributed by atoms with E-state index in [0.717, 1.165) is 52.5 Å². The summed E-state index contributed by atoms with van der Waals surface area (Å²) in [6.07, 6.45) is 4.55. The normalized spacial score (nSPS) is 22.5. The maximum absolute atomic E-state index is 13.0. The molecule has 188 valence electrons. The van der Waals surface area contributed by atoms with Crippen LogP contribution in [0.2, 0.25) is 0 Å². The van der Waals surface area contributed by atoms with Crippen molar-refractivity contribution in [2.75, 3.05) is 29.5 Å². The molecule has 0 spiro atoms. The summed E-state index contributed by atoms with van der Waals surface area (Å²) in [7, 11) is -2.92. The summed E-state index contributed by atoms with van der Waals surface area (Å²) in [5, 5.41) is 10.0. The van der Waals surface area contributed by atoms with Crippen LogP contribution in [0, 0.1) is 17.2 Å². The molecule has 1 aliphatic heterocycles. The number of thiazole rings is 1. The zero-order valence-electron chi connectivity index (χ0n) is 20.9. The van der Waals surface area contributed by atoms with Gasteiger partial charge in [0.05, 0.1) is 33.2 Å².